The number of piperidine rings is 2. The number of hydrogen-bond donors (Lipinski definition) is 0. The molecule has 2 unspecified atom stereocenters. The molecule has 0 aliphatic carbocycles. The Labute approximate surface area is 169 Å². The van der Waals surface area contributed by atoms with Gasteiger partial charge in [-0.05, 0) is 68.8 Å². The molecule has 0 spiro atoms. The van der Waals surface area contributed by atoms with E-state index >= 15 is 0 Å². The van der Waals surface area contributed by atoms with E-state index in [2.05, 4.69) is 58.0 Å². The smallest absolute Gasteiger partial charge is 0.0792 e. The van der Waals surface area contributed by atoms with Crippen molar-refractivity contribution in [2.24, 2.45) is 16.8 Å². The van der Waals surface area contributed by atoms with Gasteiger partial charge >= 0.3 is 0 Å². The van der Waals surface area contributed by atoms with E-state index < -0.39 is 0 Å². The monoisotopic (exact) mass is 378 g/mol. The molecule has 3 heterocycles. The summed E-state index contributed by atoms with van der Waals surface area (Å²) in [6.45, 7) is 8.64. The minimum atomic E-state index is 0.592. The number of pyridine rings is 1. The third kappa shape index (κ3) is 4.28. The molecule has 0 amide bonds. The number of fused-ring (bicyclic) bond motifs is 1. The van der Waals surface area contributed by atoms with Gasteiger partial charge in [0.1, 0.15) is 0 Å². The first-order chi connectivity index (χ1) is 13.6. The molecule has 150 valence electrons. The Bertz CT molecular complexity index is 822. The molecule has 4 rings (SSSR count). The summed E-state index contributed by atoms with van der Waals surface area (Å²) in [7, 11) is 4.08. The summed E-state index contributed by atoms with van der Waals surface area (Å²) < 4.78 is 0. The van der Waals surface area contributed by atoms with Crippen LogP contribution >= 0.6 is 0 Å². The first kappa shape index (κ1) is 19.5. The van der Waals surface area contributed by atoms with Crippen LogP contribution in [-0.4, -0.2) is 67.8 Å². The zero-order valence-corrected chi connectivity index (χ0v) is 17.6. The minimum Gasteiger partial charge on any atom is -0.306 e. The molecule has 0 saturated carbocycles. The van der Waals surface area contributed by atoms with Gasteiger partial charge in [-0.1, -0.05) is 25.1 Å². The summed E-state index contributed by atoms with van der Waals surface area (Å²) in [5.41, 5.74) is 3.68. The minimum absolute atomic E-state index is 0.592. The molecule has 0 radical (unpaired) electrons. The Morgan fingerprint density at radius 1 is 1.18 bits per heavy atom. The van der Waals surface area contributed by atoms with Crippen molar-refractivity contribution in [3.05, 3.63) is 41.6 Å². The Morgan fingerprint density at radius 3 is 2.79 bits per heavy atom. The molecular weight excluding hydrogens is 344 g/mol. The quantitative estimate of drug-likeness (QED) is 0.752. The van der Waals surface area contributed by atoms with E-state index in [1.807, 2.05) is 19.5 Å². The standard InChI is InChI=1S/C24H34N4/c1-18-13-21(17-28(15-18)16-19-8-11-27(3)12-9-19)22-7-6-20(14-25-2)24-23(22)5-4-10-26-24/h4-7,10,14,18-19,21H,8-9,11-13,15-17H2,1-3H3/b25-14+. The lowest BCUT2D eigenvalue weighted by molar-refractivity contribution is 0.114. The van der Waals surface area contributed by atoms with Crippen LogP contribution in [0.1, 0.15) is 43.2 Å². The van der Waals surface area contributed by atoms with Crippen molar-refractivity contribution in [2.75, 3.05) is 46.8 Å². The Kier molecular flexibility index (Phi) is 6.07. The van der Waals surface area contributed by atoms with Gasteiger partial charge in [-0.3, -0.25) is 9.98 Å². The van der Waals surface area contributed by atoms with Crippen LogP contribution in [0, 0.1) is 11.8 Å². The maximum atomic E-state index is 4.68. The van der Waals surface area contributed by atoms with Crippen LogP contribution in [0.3, 0.4) is 0 Å². The predicted molar refractivity (Wildman–Crippen MR) is 118 cm³/mol. The van der Waals surface area contributed by atoms with Crippen molar-refractivity contribution in [1.82, 2.24) is 14.8 Å². The molecule has 0 bridgehead atoms. The predicted octanol–water partition coefficient (Wildman–Crippen LogP) is 4.05. The zero-order chi connectivity index (χ0) is 19.5. The fraction of sp³-hybridized carbons (Fsp3) is 0.583. The number of benzene rings is 1. The van der Waals surface area contributed by atoms with Crippen molar-refractivity contribution in [3.63, 3.8) is 0 Å². The Balaban J connectivity index is 1.56. The second-order valence-corrected chi connectivity index (χ2v) is 9.03. The van der Waals surface area contributed by atoms with E-state index in [0.717, 1.165) is 22.9 Å². The third-order valence-corrected chi connectivity index (χ3v) is 6.63. The van der Waals surface area contributed by atoms with E-state index in [9.17, 15) is 0 Å². The van der Waals surface area contributed by atoms with Gasteiger partial charge in [-0.25, -0.2) is 0 Å². The zero-order valence-electron chi connectivity index (χ0n) is 17.6. The highest BCUT2D eigenvalue weighted by Gasteiger charge is 2.29. The average Bonchev–Trinajstić information content (AvgIpc) is 2.70. The van der Waals surface area contributed by atoms with Gasteiger partial charge in [0.25, 0.3) is 0 Å². The van der Waals surface area contributed by atoms with E-state index in [0.29, 0.717) is 5.92 Å². The van der Waals surface area contributed by atoms with Crippen LogP contribution in [0.2, 0.25) is 0 Å². The molecule has 4 heteroatoms. The number of rotatable bonds is 4. The first-order valence-electron chi connectivity index (χ1n) is 10.8. The molecule has 2 fully saturated rings. The molecule has 28 heavy (non-hydrogen) atoms. The maximum absolute atomic E-state index is 4.68. The Morgan fingerprint density at radius 2 is 2.00 bits per heavy atom. The van der Waals surface area contributed by atoms with Crippen LogP contribution in [0.15, 0.2) is 35.5 Å². The van der Waals surface area contributed by atoms with Crippen molar-refractivity contribution in [3.8, 4) is 0 Å². The average molecular weight is 379 g/mol. The summed E-state index contributed by atoms with van der Waals surface area (Å²) in [5, 5.41) is 1.30. The summed E-state index contributed by atoms with van der Waals surface area (Å²) in [6, 6.07) is 8.85. The fourth-order valence-corrected chi connectivity index (χ4v) is 5.26. The van der Waals surface area contributed by atoms with Crippen LogP contribution in [-0.2, 0) is 0 Å². The number of likely N-dealkylation sites (tertiary alicyclic amines) is 2. The van der Waals surface area contributed by atoms with Gasteiger partial charge in [-0.2, -0.15) is 0 Å². The lowest BCUT2D eigenvalue weighted by Crippen LogP contribution is -2.43. The van der Waals surface area contributed by atoms with Crippen LogP contribution < -0.4 is 0 Å². The molecular formula is C24H34N4. The van der Waals surface area contributed by atoms with Gasteiger partial charge in [-0.15, -0.1) is 0 Å². The van der Waals surface area contributed by atoms with Gasteiger partial charge in [0.05, 0.1) is 5.52 Å². The van der Waals surface area contributed by atoms with E-state index in [1.165, 1.54) is 62.9 Å². The highest BCUT2D eigenvalue weighted by Crippen LogP contribution is 2.35. The lowest BCUT2D eigenvalue weighted by atomic mass is 9.82. The molecule has 2 aliphatic rings. The van der Waals surface area contributed by atoms with Gasteiger partial charge in [0.2, 0.25) is 0 Å². The normalized spacial score (nSPS) is 25.7. The van der Waals surface area contributed by atoms with Gasteiger partial charge < -0.3 is 9.80 Å². The highest BCUT2D eigenvalue weighted by molar-refractivity contribution is 5.98. The highest BCUT2D eigenvalue weighted by atomic mass is 15.1. The largest absolute Gasteiger partial charge is 0.306 e. The fourth-order valence-electron chi connectivity index (χ4n) is 5.26. The van der Waals surface area contributed by atoms with Crippen LogP contribution in [0.4, 0.5) is 0 Å². The third-order valence-electron chi connectivity index (χ3n) is 6.63. The lowest BCUT2D eigenvalue weighted by Gasteiger charge is -2.40. The molecule has 2 aliphatic heterocycles. The van der Waals surface area contributed by atoms with Gasteiger partial charge in [0.15, 0.2) is 0 Å². The molecule has 0 N–H and O–H groups in total. The van der Waals surface area contributed by atoms with E-state index in [4.69, 9.17) is 0 Å². The number of aliphatic imine (C=N–C) groups is 1. The molecule has 2 saturated heterocycles. The maximum Gasteiger partial charge on any atom is 0.0792 e. The van der Waals surface area contributed by atoms with Gasteiger partial charge in [0, 0.05) is 50.0 Å². The summed E-state index contributed by atoms with van der Waals surface area (Å²) in [5.74, 6) is 2.20. The summed E-state index contributed by atoms with van der Waals surface area (Å²) >= 11 is 0. The molecule has 2 atom stereocenters. The van der Waals surface area contributed by atoms with Crippen molar-refractivity contribution >= 4 is 17.1 Å². The van der Waals surface area contributed by atoms with Crippen molar-refractivity contribution in [1.29, 1.82) is 0 Å². The number of aromatic nitrogens is 1. The first-order valence-corrected chi connectivity index (χ1v) is 10.8. The van der Waals surface area contributed by atoms with Crippen molar-refractivity contribution in [2.45, 2.75) is 32.1 Å². The Hall–Kier alpha value is -1.78. The molecule has 2 aromatic rings. The van der Waals surface area contributed by atoms with E-state index in [-0.39, 0.29) is 0 Å². The second-order valence-electron chi connectivity index (χ2n) is 9.03. The van der Waals surface area contributed by atoms with Crippen LogP contribution in [0.5, 0.6) is 0 Å². The van der Waals surface area contributed by atoms with Crippen LogP contribution in [0.25, 0.3) is 10.9 Å². The molecule has 1 aromatic heterocycles. The topological polar surface area (TPSA) is 31.7 Å². The molecule has 4 nitrogen and oxygen atoms in total. The summed E-state index contributed by atoms with van der Waals surface area (Å²) in [4.78, 5) is 14.1. The van der Waals surface area contributed by atoms with Crippen molar-refractivity contribution < 1.29 is 0 Å². The van der Waals surface area contributed by atoms with E-state index in [1.54, 1.807) is 0 Å². The molecule has 1 aromatic carbocycles. The summed E-state index contributed by atoms with van der Waals surface area (Å²) in [6.07, 6.45) is 7.80. The SMILES string of the molecule is C/N=C/c1ccc(C2CC(C)CN(CC3CCN(C)CC3)C2)c2cccnc12. The number of nitrogens with zero attached hydrogens (tertiary/aromatic N) is 4. The second kappa shape index (κ2) is 8.71. The number of hydrogen-bond acceptors (Lipinski definition) is 4.